The molecule has 112 valence electrons. The lowest BCUT2D eigenvalue weighted by atomic mass is 10.2. The van der Waals surface area contributed by atoms with E-state index in [-0.39, 0.29) is 16.3 Å². The molecule has 0 aromatic heterocycles. The first kappa shape index (κ1) is 15.5. The summed E-state index contributed by atoms with van der Waals surface area (Å²) in [6.45, 7) is 0. The van der Waals surface area contributed by atoms with Crippen molar-refractivity contribution in [3.63, 3.8) is 0 Å². The normalized spacial score (nSPS) is 10.6. The van der Waals surface area contributed by atoms with Gasteiger partial charge in [-0.25, -0.2) is 4.79 Å². The smallest absolute Gasteiger partial charge is 0.337 e. The third kappa shape index (κ3) is 3.80. The van der Waals surface area contributed by atoms with Crippen LogP contribution in [0.4, 0.5) is 11.4 Å². The number of carbonyl (C=O) groups is 1. The van der Waals surface area contributed by atoms with Gasteiger partial charge in [0.1, 0.15) is 0 Å². The third-order valence-corrected chi connectivity index (χ3v) is 3.04. The maximum Gasteiger partial charge on any atom is 0.337 e. The molecule has 7 nitrogen and oxygen atoms in total. The van der Waals surface area contributed by atoms with Gasteiger partial charge in [-0.3, -0.25) is 15.5 Å². The van der Waals surface area contributed by atoms with Crippen molar-refractivity contribution < 1.29 is 14.8 Å². The van der Waals surface area contributed by atoms with E-state index in [4.69, 9.17) is 16.7 Å². The fourth-order valence-corrected chi connectivity index (χ4v) is 1.82. The second-order valence-corrected chi connectivity index (χ2v) is 4.63. The summed E-state index contributed by atoms with van der Waals surface area (Å²) in [4.78, 5) is 21.0. The number of hydrazone groups is 1. The van der Waals surface area contributed by atoms with Crippen LogP contribution in [0.5, 0.6) is 0 Å². The number of hydrogen-bond donors (Lipinski definition) is 2. The summed E-state index contributed by atoms with van der Waals surface area (Å²) in [6.07, 6.45) is 1.46. The summed E-state index contributed by atoms with van der Waals surface area (Å²) in [5, 5.41) is 23.6. The molecule has 2 aromatic carbocycles. The van der Waals surface area contributed by atoms with Crippen LogP contribution >= 0.6 is 11.6 Å². The van der Waals surface area contributed by atoms with Gasteiger partial charge in [0.15, 0.2) is 0 Å². The highest BCUT2D eigenvalue weighted by Crippen LogP contribution is 2.20. The number of anilines is 1. The zero-order chi connectivity index (χ0) is 16.1. The van der Waals surface area contributed by atoms with Crippen LogP contribution in [-0.2, 0) is 0 Å². The van der Waals surface area contributed by atoms with Crippen LogP contribution in [0.2, 0.25) is 5.02 Å². The molecule has 0 aliphatic heterocycles. The summed E-state index contributed by atoms with van der Waals surface area (Å²) < 4.78 is 0. The van der Waals surface area contributed by atoms with Gasteiger partial charge in [0.25, 0.3) is 5.69 Å². The van der Waals surface area contributed by atoms with Gasteiger partial charge in [-0.2, -0.15) is 5.10 Å². The van der Waals surface area contributed by atoms with Crippen molar-refractivity contribution in [3.05, 3.63) is 68.7 Å². The summed E-state index contributed by atoms with van der Waals surface area (Å²) in [5.74, 6) is -1.13. The quantitative estimate of drug-likeness (QED) is 0.499. The molecule has 2 N–H and O–H groups in total. The summed E-state index contributed by atoms with van der Waals surface area (Å²) in [6, 6.07) is 10.2. The van der Waals surface area contributed by atoms with Gasteiger partial charge in [-0.15, -0.1) is 0 Å². The van der Waals surface area contributed by atoms with E-state index >= 15 is 0 Å². The number of hydrogen-bond acceptors (Lipinski definition) is 5. The molecule has 0 radical (unpaired) electrons. The minimum Gasteiger partial charge on any atom is -0.478 e. The molecular formula is C14H10ClN3O4. The molecule has 0 saturated carbocycles. The minimum atomic E-state index is -1.13. The van der Waals surface area contributed by atoms with E-state index in [1.54, 1.807) is 18.2 Å². The summed E-state index contributed by atoms with van der Waals surface area (Å²) >= 11 is 5.76. The molecule has 0 fully saturated rings. The number of carboxylic acids is 1. The Bertz CT molecular complexity index is 744. The molecule has 8 heteroatoms. The Hall–Kier alpha value is -2.93. The van der Waals surface area contributed by atoms with E-state index in [9.17, 15) is 14.9 Å². The molecule has 0 amide bonds. The predicted molar refractivity (Wildman–Crippen MR) is 82.7 cm³/mol. The molecule has 0 aliphatic rings. The van der Waals surface area contributed by atoms with Crippen molar-refractivity contribution in [2.45, 2.75) is 0 Å². The third-order valence-electron chi connectivity index (χ3n) is 2.71. The van der Waals surface area contributed by atoms with E-state index in [1.807, 2.05) is 0 Å². The Kier molecular flexibility index (Phi) is 4.70. The minimum absolute atomic E-state index is 0.00564. The molecule has 0 bridgehead atoms. The number of aromatic carboxylic acids is 1. The first-order valence-electron chi connectivity index (χ1n) is 6.04. The first-order chi connectivity index (χ1) is 10.5. The monoisotopic (exact) mass is 319 g/mol. The van der Waals surface area contributed by atoms with Gasteiger partial charge in [0.05, 0.1) is 27.4 Å². The molecular weight excluding hydrogens is 310 g/mol. The van der Waals surface area contributed by atoms with Crippen LogP contribution in [0.1, 0.15) is 15.9 Å². The van der Waals surface area contributed by atoms with Gasteiger partial charge in [0.2, 0.25) is 0 Å². The van der Waals surface area contributed by atoms with Crippen LogP contribution in [0.15, 0.2) is 47.6 Å². The van der Waals surface area contributed by atoms with Gasteiger partial charge in [0, 0.05) is 12.1 Å². The van der Waals surface area contributed by atoms with Crippen LogP contribution in [0.3, 0.4) is 0 Å². The number of nitro benzene ring substituents is 1. The standard InChI is InChI=1S/C14H10ClN3O4/c15-13-6-3-10(7-12(13)14(19)20)17-16-8-9-1-4-11(5-2-9)18(21)22/h1-8,17H,(H,19,20). The molecule has 0 atom stereocenters. The molecule has 22 heavy (non-hydrogen) atoms. The maximum absolute atomic E-state index is 11.0. The van der Waals surface area contributed by atoms with E-state index in [0.29, 0.717) is 11.3 Å². The summed E-state index contributed by atoms with van der Waals surface area (Å²) in [7, 11) is 0. The van der Waals surface area contributed by atoms with Crippen molar-refractivity contribution in [2.24, 2.45) is 5.10 Å². The van der Waals surface area contributed by atoms with E-state index in [0.717, 1.165) is 0 Å². The highest BCUT2D eigenvalue weighted by atomic mass is 35.5. The van der Waals surface area contributed by atoms with Crippen LogP contribution in [0, 0.1) is 10.1 Å². The number of non-ortho nitro benzene ring substituents is 1. The van der Waals surface area contributed by atoms with Gasteiger partial charge >= 0.3 is 5.97 Å². The van der Waals surface area contributed by atoms with Crippen LogP contribution < -0.4 is 5.43 Å². The van der Waals surface area contributed by atoms with Gasteiger partial charge in [-0.1, -0.05) is 11.6 Å². The second-order valence-electron chi connectivity index (χ2n) is 4.22. The molecule has 0 heterocycles. The number of halogens is 1. The average molecular weight is 320 g/mol. The van der Waals surface area contributed by atoms with Crippen molar-refractivity contribution in [2.75, 3.05) is 5.43 Å². The average Bonchev–Trinajstić information content (AvgIpc) is 2.49. The maximum atomic E-state index is 11.0. The number of benzene rings is 2. The van der Waals surface area contributed by atoms with Crippen molar-refractivity contribution in [1.82, 2.24) is 0 Å². The zero-order valence-corrected chi connectivity index (χ0v) is 11.8. The lowest BCUT2D eigenvalue weighted by molar-refractivity contribution is -0.384. The van der Waals surface area contributed by atoms with Crippen molar-refractivity contribution >= 4 is 35.2 Å². The van der Waals surface area contributed by atoms with E-state index in [2.05, 4.69) is 10.5 Å². The summed E-state index contributed by atoms with van der Waals surface area (Å²) in [5.41, 5.74) is 3.75. The second kappa shape index (κ2) is 6.68. The Morgan fingerprint density at radius 3 is 2.55 bits per heavy atom. The SMILES string of the molecule is O=C(O)c1cc(NN=Cc2ccc([N+](=O)[O-])cc2)ccc1Cl. The largest absolute Gasteiger partial charge is 0.478 e. The molecule has 2 aromatic rings. The Balaban J connectivity index is 2.07. The number of nitro groups is 1. The topological polar surface area (TPSA) is 105 Å². The lowest BCUT2D eigenvalue weighted by Gasteiger charge is -2.03. The lowest BCUT2D eigenvalue weighted by Crippen LogP contribution is -1.99. The molecule has 0 aliphatic carbocycles. The molecule has 0 spiro atoms. The number of nitrogens with one attached hydrogen (secondary N) is 1. The number of rotatable bonds is 5. The van der Waals surface area contributed by atoms with E-state index < -0.39 is 10.9 Å². The highest BCUT2D eigenvalue weighted by molar-refractivity contribution is 6.33. The van der Waals surface area contributed by atoms with Crippen molar-refractivity contribution in [3.8, 4) is 0 Å². The highest BCUT2D eigenvalue weighted by Gasteiger charge is 2.08. The predicted octanol–water partition coefficient (Wildman–Crippen LogP) is 3.39. The molecule has 0 saturated heterocycles. The van der Waals surface area contributed by atoms with E-state index in [1.165, 1.54) is 30.5 Å². The van der Waals surface area contributed by atoms with Crippen molar-refractivity contribution in [1.29, 1.82) is 0 Å². The van der Waals surface area contributed by atoms with Gasteiger partial charge < -0.3 is 5.11 Å². The van der Waals surface area contributed by atoms with Crippen LogP contribution in [-0.4, -0.2) is 22.2 Å². The Labute approximate surface area is 130 Å². The Morgan fingerprint density at radius 2 is 1.95 bits per heavy atom. The molecule has 0 unspecified atom stereocenters. The van der Waals surface area contributed by atoms with Gasteiger partial charge in [-0.05, 0) is 35.9 Å². The Morgan fingerprint density at radius 1 is 1.27 bits per heavy atom. The first-order valence-corrected chi connectivity index (χ1v) is 6.41. The number of carboxylic acid groups (broad SMARTS) is 1. The zero-order valence-electron chi connectivity index (χ0n) is 11.1. The van der Waals surface area contributed by atoms with Crippen LogP contribution in [0.25, 0.3) is 0 Å². The fourth-order valence-electron chi connectivity index (χ4n) is 1.62. The fraction of sp³-hybridized carbons (Fsp3) is 0. The molecule has 2 rings (SSSR count). The number of nitrogens with zero attached hydrogens (tertiary/aromatic N) is 2.